The number of unbranched alkanes of at least 4 members (excludes halogenated alkanes) is 8. The van der Waals surface area contributed by atoms with Gasteiger partial charge >= 0.3 is 5.97 Å². The number of carbonyl (C=O) groups is 1. The fourth-order valence-electron chi connectivity index (χ4n) is 2.78. The Kier molecular flexibility index (Phi) is 12.1. The number of esters is 1. The van der Waals surface area contributed by atoms with Crippen molar-refractivity contribution in [1.82, 2.24) is 0 Å². The second-order valence-electron chi connectivity index (χ2n) is 6.62. The number of carbonyl (C=O) groups excluding carboxylic acids is 1. The van der Waals surface area contributed by atoms with E-state index in [-0.39, 0.29) is 19.0 Å². The van der Waals surface area contributed by atoms with Crippen molar-refractivity contribution in [2.45, 2.75) is 90.3 Å². The third kappa shape index (κ3) is 11.2. The summed E-state index contributed by atoms with van der Waals surface area (Å²) in [5.41, 5.74) is 0.972. The first kappa shape index (κ1) is 20.7. The Bertz CT molecular complexity index is 416. The molecule has 0 amide bonds. The van der Waals surface area contributed by atoms with E-state index in [4.69, 9.17) is 4.74 Å². The van der Waals surface area contributed by atoms with Gasteiger partial charge in [-0.2, -0.15) is 0 Å². The molecular weight excluding hydrogens is 300 g/mol. The van der Waals surface area contributed by atoms with Crippen LogP contribution in [0.1, 0.15) is 83.1 Å². The molecule has 0 aliphatic rings. The lowest BCUT2D eigenvalue weighted by Crippen LogP contribution is -2.15. The van der Waals surface area contributed by atoms with Crippen LogP contribution in [0.2, 0.25) is 0 Å². The highest BCUT2D eigenvalue weighted by molar-refractivity contribution is 5.69. The number of aliphatic hydroxyl groups is 1. The number of hydrogen-bond acceptors (Lipinski definition) is 3. The average Bonchev–Trinajstić information content (AvgIpc) is 2.59. The molecule has 3 nitrogen and oxygen atoms in total. The standard InChI is InChI=1S/C21H34O3/c1-2-3-4-5-6-7-8-9-13-16-20(22)17-21(23)24-18-19-14-11-10-12-15-19/h10-12,14-15,20,22H,2-9,13,16-18H2,1H3/t20-/m1/s1. The lowest BCUT2D eigenvalue weighted by molar-refractivity contribution is -0.147. The quantitative estimate of drug-likeness (QED) is 0.366. The summed E-state index contributed by atoms with van der Waals surface area (Å²) in [6.07, 6.45) is 11.6. The first-order valence-electron chi connectivity index (χ1n) is 9.60. The highest BCUT2D eigenvalue weighted by Gasteiger charge is 2.11. The summed E-state index contributed by atoms with van der Waals surface area (Å²) in [6, 6.07) is 9.61. The SMILES string of the molecule is CCCCCCCCCCC[C@@H](O)CC(=O)OCc1ccccc1. The zero-order valence-electron chi connectivity index (χ0n) is 15.2. The van der Waals surface area contributed by atoms with Crippen molar-refractivity contribution in [3.63, 3.8) is 0 Å². The number of hydrogen-bond donors (Lipinski definition) is 1. The maximum absolute atomic E-state index is 11.7. The van der Waals surface area contributed by atoms with E-state index in [9.17, 15) is 9.90 Å². The van der Waals surface area contributed by atoms with E-state index in [1.165, 1.54) is 44.9 Å². The molecule has 24 heavy (non-hydrogen) atoms. The second kappa shape index (κ2) is 14.0. The molecule has 3 heteroatoms. The normalized spacial score (nSPS) is 12.1. The summed E-state index contributed by atoms with van der Waals surface area (Å²) < 4.78 is 5.19. The molecule has 0 saturated heterocycles. The van der Waals surface area contributed by atoms with Crippen molar-refractivity contribution in [3.05, 3.63) is 35.9 Å². The number of ether oxygens (including phenoxy) is 1. The van der Waals surface area contributed by atoms with Crippen LogP contribution in [0.3, 0.4) is 0 Å². The lowest BCUT2D eigenvalue weighted by atomic mass is 10.0. The second-order valence-corrected chi connectivity index (χ2v) is 6.62. The molecule has 136 valence electrons. The molecule has 0 spiro atoms. The van der Waals surface area contributed by atoms with Gasteiger partial charge in [-0.25, -0.2) is 0 Å². The molecule has 0 aromatic heterocycles. The third-order valence-corrected chi connectivity index (χ3v) is 4.29. The summed E-state index contributed by atoms with van der Waals surface area (Å²) in [5, 5.41) is 9.92. The van der Waals surface area contributed by atoms with Crippen LogP contribution in [-0.2, 0) is 16.1 Å². The first-order valence-corrected chi connectivity index (χ1v) is 9.60. The Morgan fingerprint density at radius 3 is 2.17 bits per heavy atom. The highest BCUT2D eigenvalue weighted by atomic mass is 16.5. The number of aliphatic hydroxyl groups excluding tert-OH is 1. The van der Waals surface area contributed by atoms with Crippen molar-refractivity contribution in [3.8, 4) is 0 Å². The summed E-state index contributed by atoms with van der Waals surface area (Å²) in [5.74, 6) is -0.317. The molecule has 0 radical (unpaired) electrons. The van der Waals surface area contributed by atoms with Gasteiger partial charge in [0.05, 0.1) is 12.5 Å². The van der Waals surface area contributed by atoms with Crippen LogP contribution in [0.5, 0.6) is 0 Å². The van der Waals surface area contributed by atoms with E-state index in [0.717, 1.165) is 18.4 Å². The molecule has 1 atom stereocenters. The van der Waals surface area contributed by atoms with E-state index in [1.54, 1.807) is 0 Å². The largest absolute Gasteiger partial charge is 0.461 e. The van der Waals surface area contributed by atoms with Crippen molar-refractivity contribution >= 4 is 5.97 Å². The number of benzene rings is 1. The maximum atomic E-state index is 11.7. The zero-order chi connectivity index (χ0) is 17.5. The molecule has 0 fully saturated rings. The van der Waals surface area contributed by atoms with Crippen LogP contribution >= 0.6 is 0 Å². The molecule has 1 aromatic carbocycles. The van der Waals surface area contributed by atoms with Gasteiger partial charge in [-0.3, -0.25) is 4.79 Å². The van der Waals surface area contributed by atoms with Crippen LogP contribution in [-0.4, -0.2) is 17.2 Å². The Morgan fingerprint density at radius 2 is 1.54 bits per heavy atom. The van der Waals surface area contributed by atoms with Gasteiger partial charge in [0.25, 0.3) is 0 Å². The topological polar surface area (TPSA) is 46.5 Å². The van der Waals surface area contributed by atoms with E-state index < -0.39 is 6.10 Å². The molecule has 1 rings (SSSR count). The van der Waals surface area contributed by atoms with Crippen molar-refractivity contribution in [2.75, 3.05) is 0 Å². The Hall–Kier alpha value is -1.35. The average molecular weight is 334 g/mol. The first-order chi connectivity index (χ1) is 11.7. The summed E-state index contributed by atoms with van der Waals surface area (Å²) in [4.78, 5) is 11.7. The van der Waals surface area contributed by atoms with Crippen LogP contribution in [0, 0.1) is 0 Å². The summed E-state index contributed by atoms with van der Waals surface area (Å²) in [6.45, 7) is 2.52. The van der Waals surface area contributed by atoms with Gasteiger partial charge < -0.3 is 9.84 Å². The van der Waals surface area contributed by atoms with Crippen LogP contribution in [0.4, 0.5) is 0 Å². The van der Waals surface area contributed by atoms with Gasteiger partial charge in [-0.05, 0) is 12.0 Å². The minimum absolute atomic E-state index is 0.101. The van der Waals surface area contributed by atoms with Gasteiger partial charge in [0.2, 0.25) is 0 Å². The van der Waals surface area contributed by atoms with Crippen molar-refractivity contribution < 1.29 is 14.6 Å². The lowest BCUT2D eigenvalue weighted by Gasteiger charge is -2.10. The van der Waals surface area contributed by atoms with Gasteiger partial charge in [0.1, 0.15) is 6.61 Å². The molecule has 0 unspecified atom stereocenters. The van der Waals surface area contributed by atoms with Gasteiger partial charge in [0.15, 0.2) is 0 Å². The predicted molar refractivity (Wildman–Crippen MR) is 98.7 cm³/mol. The van der Waals surface area contributed by atoms with E-state index in [1.807, 2.05) is 30.3 Å². The van der Waals surface area contributed by atoms with E-state index >= 15 is 0 Å². The van der Waals surface area contributed by atoms with Crippen molar-refractivity contribution in [2.24, 2.45) is 0 Å². The van der Waals surface area contributed by atoms with Crippen LogP contribution in [0.15, 0.2) is 30.3 Å². The molecule has 0 aliphatic carbocycles. The van der Waals surface area contributed by atoms with E-state index in [0.29, 0.717) is 6.42 Å². The molecule has 0 heterocycles. The fraction of sp³-hybridized carbons (Fsp3) is 0.667. The smallest absolute Gasteiger partial charge is 0.308 e. The summed E-state index contributed by atoms with van der Waals surface area (Å²) in [7, 11) is 0. The maximum Gasteiger partial charge on any atom is 0.308 e. The van der Waals surface area contributed by atoms with Gasteiger partial charge in [-0.15, -0.1) is 0 Å². The molecule has 0 aliphatic heterocycles. The summed E-state index contributed by atoms with van der Waals surface area (Å²) >= 11 is 0. The van der Waals surface area contributed by atoms with Gasteiger partial charge in [-0.1, -0.05) is 95.0 Å². The minimum Gasteiger partial charge on any atom is -0.461 e. The zero-order valence-corrected chi connectivity index (χ0v) is 15.2. The molecule has 1 N–H and O–H groups in total. The van der Waals surface area contributed by atoms with Crippen LogP contribution < -0.4 is 0 Å². The van der Waals surface area contributed by atoms with Gasteiger partial charge in [0, 0.05) is 0 Å². The Labute approximate surface area is 147 Å². The monoisotopic (exact) mass is 334 g/mol. The number of rotatable bonds is 14. The molecule has 1 aromatic rings. The Balaban J connectivity index is 1.95. The van der Waals surface area contributed by atoms with E-state index in [2.05, 4.69) is 6.92 Å². The fourth-order valence-corrected chi connectivity index (χ4v) is 2.78. The Morgan fingerprint density at radius 1 is 0.958 bits per heavy atom. The third-order valence-electron chi connectivity index (χ3n) is 4.29. The molecule has 0 bridgehead atoms. The van der Waals surface area contributed by atoms with Crippen molar-refractivity contribution in [1.29, 1.82) is 0 Å². The molecular formula is C21H34O3. The minimum atomic E-state index is -0.571. The molecule has 0 saturated carbocycles. The highest BCUT2D eigenvalue weighted by Crippen LogP contribution is 2.13. The van der Waals surface area contributed by atoms with Crippen LogP contribution in [0.25, 0.3) is 0 Å². The predicted octanol–water partition coefficient (Wildman–Crippen LogP) is 5.40.